The topological polar surface area (TPSA) is 94.7 Å². The highest BCUT2D eigenvalue weighted by Crippen LogP contribution is 2.22. The van der Waals surface area contributed by atoms with Gasteiger partial charge in [0.1, 0.15) is 0 Å². The Balaban J connectivity index is 1.77. The van der Waals surface area contributed by atoms with E-state index in [9.17, 15) is 5.11 Å². The van der Waals surface area contributed by atoms with Crippen molar-refractivity contribution >= 4 is 0 Å². The molecule has 2 aromatic rings. The molecule has 3 N–H and O–H groups in total. The maximum atomic E-state index is 9.60. The van der Waals surface area contributed by atoms with Gasteiger partial charge in [-0.3, -0.25) is 4.90 Å². The lowest BCUT2D eigenvalue weighted by atomic mass is 9.96. The third kappa shape index (κ3) is 4.48. The molecule has 0 bridgehead atoms. The average molecular weight is 360 g/mol. The first-order chi connectivity index (χ1) is 12.5. The molecule has 0 spiro atoms. The van der Waals surface area contributed by atoms with Gasteiger partial charge in [-0.05, 0) is 37.5 Å². The van der Waals surface area contributed by atoms with E-state index in [1.54, 1.807) is 0 Å². The fourth-order valence-corrected chi connectivity index (χ4v) is 3.47. The van der Waals surface area contributed by atoms with Crippen LogP contribution < -0.4 is 5.32 Å². The highest BCUT2D eigenvalue weighted by atomic mass is 16.4. The van der Waals surface area contributed by atoms with Gasteiger partial charge in [0.15, 0.2) is 6.10 Å². The molecule has 142 valence electrons. The van der Waals surface area contributed by atoms with E-state index in [0.29, 0.717) is 18.4 Å². The summed E-state index contributed by atoms with van der Waals surface area (Å²) >= 11 is 0. The zero-order valence-electron chi connectivity index (χ0n) is 15.7. The molecule has 1 aromatic carbocycles. The van der Waals surface area contributed by atoms with Crippen molar-refractivity contribution in [2.45, 2.75) is 45.9 Å². The van der Waals surface area contributed by atoms with Crippen LogP contribution in [-0.2, 0) is 13.0 Å². The van der Waals surface area contributed by atoms with Crippen LogP contribution in [0.25, 0.3) is 0 Å². The molecule has 0 amide bonds. The smallest absolute Gasteiger partial charge is 0.247 e. The van der Waals surface area contributed by atoms with Crippen LogP contribution in [-0.4, -0.2) is 57.6 Å². The minimum absolute atomic E-state index is 0.0582. The van der Waals surface area contributed by atoms with Crippen LogP contribution in [0.3, 0.4) is 0 Å². The lowest BCUT2D eigenvalue weighted by Gasteiger charge is -2.32. The van der Waals surface area contributed by atoms with Gasteiger partial charge in [-0.2, -0.15) is 0 Å². The van der Waals surface area contributed by atoms with Crippen molar-refractivity contribution in [3.63, 3.8) is 0 Å². The van der Waals surface area contributed by atoms with Crippen molar-refractivity contribution in [3.05, 3.63) is 46.2 Å². The van der Waals surface area contributed by atoms with Crippen LogP contribution in [0, 0.1) is 13.8 Å². The van der Waals surface area contributed by atoms with Gasteiger partial charge in [0.2, 0.25) is 11.8 Å². The van der Waals surface area contributed by atoms with Crippen LogP contribution in [0.1, 0.15) is 47.1 Å². The Kier molecular flexibility index (Phi) is 6.03. The number of nitrogens with one attached hydrogen (secondary N) is 1. The fourth-order valence-electron chi connectivity index (χ4n) is 3.47. The molecule has 0 aliphatic carbocycles. The molecule has 26 heavy (non-hydrogen) atoms. The van der Waals surface area contributed by atoms with Crippen molar-refractivity contribution in [1.29, 1.82) is 0 Å². The van der Waals surface area contributed by atoms with Gasteiger partial charge < -0.3 is 19.9 Å². The van der Waals surface area contributed by atoms with Gasteiger partial charge >= 0.3 is 0 Å². The largest absolute Gasteiger partial charge is 0.422 e. The van der Waals surface area contributed by atoms with Crippen LogP contribution in [0.2, 0.25) is 0 Å². The second kappa shape index (κ2) is 8.26. The van der Waals surface area contributed by atoms with Gasteiger partial charge in [0, 0.05) is 32.2 Å². The predicted molar refractivity (Wildman–Crippen MR) is 97.8 cm³/mol. The standard InChI is InChI=1S/C19H28N4O3/c1-12-6-15(8-18-21-22-19(26-18)17(25)11-24)14(3)16(7-12)10-23-5-4-20-13(2)9-23/h6-7,13,17,20,24-25H,4-5,8-11H2,1-3H3/t13-,17-/m0/s1. The number of aliphatic hydroxyl groups excluding tert-OH is 2. The Morgan fingerprint density at radius 3 is 2.81 bits per heavy atom. The molecular weight excluding hydrogens is 332 g/mol. The number of aliphatic hydroxyl groups is 2. The average Bonchev–Trinajstić information content (AvgIpc) is 3.07. The molecular formula is C19H28N4O3. The van der Waals surface area contributed by atoms with E-state index in [2.05, 4.69) is 53.3 Å². The molecule has 7 heteroatoms. The van der Waals surface area contributed by atoms with Gasteiger partial charge in [-0.15, -0.1) is 10.2 Å². The van der Waals surface area contributed by atoms with Crippen LogP contribution in [0.15, 0.2) is 16.5 Å². The number of nitrogens with zero attached hydrogens (tertiary/aromatic N) is 3. The first-order valence-corrected chi connectivity index (χ1v) is 9.12. The predicted octanol–water partition coefficient (Wildman–Crippen LogP) is 1.10. The highest BCUT2D eigenvalue weighted by molar-refractivity contribution is 5.39. The minimum atomic E-state index is -1.12. The summed E-state index contributed by atoms with van der Waals surface area (Å²) in [6.45, 7) is 10.1. The zero-order valence-corrected chi connectivity index (χ0v) is 15.7. The maximum absolute atomic E-state index is 9.60. The second-order valence-corrected chi connectivity index (χ2v) is 7.21. The minimum Gasteiger partial charge on any atom is -0.422 e. The lowest BCUT2D eigenvalue weighted by molar-refractivity contribution is 0.0722. The molecule has 3 rings (SSSR count). The molecule has 0 saturated carbocycles. The number of hydrogen-bond donors (Lipinski definition) is 3. The van der Waals surface area contributed by atoms with Crippen molar-refractivity contribution < 1.29 is 14.6 Å². The second-order valence-electron chi connectivity index (χ2n) is 7.21. The van der Waals surface area contributed by atoms with Crippen molar-refractivity contribution in [2.24, 2.45) is 0 Å². The highest BCUT2D eigenvalue weighted by Gasteiger charge is 2.19. The summed E-state index contributed by atoms with van der Waals surface area (Å²) in [6, 6.07) is 4.91. The Labute approximate surface area is 154 Å². The molecule has 1 fully saturated rings. The quantitative estimate of drug-likeness (QED) is 0.710. The van der Waals surface area contributed by atoms with E-state index in [-0.39, 0.29) is 5.89 Å². The maximum Gasteiger partial charge on any atom is 0.247 e. The molecule has 2 heterocycles. The summed E-state index contributed by atoms with van der Waals surface area (Å²) in [4.78, 5) is 2.48. The van der Waals surface area contributed by atoms with E-state index >= 15 is 0 Å². The third-order valence-electron chi connectivity index (χ3n) is 4.90. The molecule has 0 radical (unpaired) electrons. The van der Waals surface area contributed by atoms with E-state index < -0.39 is 12.7 Å². The summed E-state index contributed by atoms with van der Waals surface area (Å²) in [7, 11) is 0. The van der Waals surface area contributed by atoms with E-state index in [4.69, 9.17) is 9.52 Å². The summed E-state index contributed by atoms with van der Waals surface area (Å²) in [5, 5.41) is 29.9. The molecule has 1 aromatic heterocycles. The number of aromatic nitrogens is 2. The van der Waals surface area contributed by atoms with Crippen LogP contribution in [0.4, 0.5) is 0 Å². The Hall–Kier alpha value is -1.80. The number of benzene rings is 1. The molecule has 1 aliphatic rings. The summed E-state index contributed by atoms with van der Waals surface area (Å²) in [5.74, 6) is 0.505. The number of piperazine rings is 1. The van der Waals surface area contributed by atoms with E-state index in [0.717, 1.165) is 31.7 Å². The molecule has 1 aliphatic heterocycles. The first kappa shape index (κ1) is 19.0. The Morgan fingerprint density at radius 1 is 1.31 bits per heavy atom. The van der Waals surface area contributed by atoms with E-state index in [1.165, 1.54) is 16.7 Å². The van der Waals surface area contributed by atoms with Gasteiger partial charge in [-0.1, -0.05) is 17.7 Å². The number of aryl methyl sites for hydroxylation is 1. The summed E-state index contributed by atoms with van der Waals surface area (Å²) in [5.41, 5.74) is 4.92. The van der Waals surface area contributed by atoms with Crippen LogP contribution >= 0.6 is 0 Å². The number of rotatable bonds is 6. The fraction of sp³-hybridized carbons (Fsp3) is 0.579. The van der Waals surface area contributed by atoms with Gasteiger partial charge in [-0.25, -0.2) is 0 Å². The lowest BCUT2D eigenvalue weighted by Crippen LogP contribution is -2.48. The van der Waals surface area contributed by atoms with E-state index in [1.807, 2.05) is 0 Å². The Morgan fingerprint density at radius 2 is 2.08 bits per heavy atom. The monoisotopic (exact) mass is 360 g/mol. The zero-order chi connectivity index (χ0) is 18.7. The molecule has 7 nitrogen and oxygen atoms in total. The van der Waals surface area contributed by atoms with Gasteiger partial charge in [0.05, 0.1) is 13.0 Å². The van der Waals surface area contributed by atoms with Crippen molar-refractivity contribution in [1.82, 2.24) is 20.4 Å². The molecule has 0 unspecified atom stereocenters. The van der Waals surface area contributed by atoms with Crippen LogP contribution in [0.5, 0.6) is 0 Å². The molecule has 1 saturated heterocycles. The summed E-state index contributed by atoms with van der Waals surface area (Å²) < 4.78 is 5.49. The third-order valence-corrected chi connectivity index (χ3v) is 4.90. The SMILES string of the molecule is Cc1cc(Cc2nnc([C@@H](O)CO)o2)c(C)c(CN2CCN[C@@H](C)C2)c1. The van der Waals surface area contributed by atoms with Crippen molar-refractivity contribution in [2.75, 3.05) is 26.2 Å². The first-order valence-electron chi connectivity index (χ1n) is 9.12. The van der Waals surface area contributed by atoms with Gasteiger partial charge in [0.25, 0.3) is 0 Å². The van der Waals surface area contributed by atoms with Crippen molar-refractivity contribution in [3.8, 4) is 0 Å². The molecule has 2 atom stereocenters. The normalized spacial score (nSPS) is 19.7. The summed E-state index contributed by atoms with van der Waals surface area (Å²) in [6.07, 6.45) is -0.607. The number of hydrogen-bond acceptors (Lipinski definition) is 7. The Bertz CT molecular complexity index is 746.